The average Bonchev–Trinajstić information content (AvgIpc) is 2.05. The van der Waals surface area contributed by atoms with Gasteiger partial charge in [-0.15, -0.1) is 0 Å². The molecule has 0 aliphatic carbocycles. The average molecular weight is 229 g/mol. The van der Waals surface area contributed by atoms with Gasteiger partial charge >= 0.3 is 0 Å². The normalized spacial score (nSPS) is 12.9. The first-order valence-electron chi connectivity index (χ1n) is 4.18. The summed E-state index contributed by atoms with van der Waals surface area (Å²) in [5.41, 5.74) is 0.986. The summed E-state index contributed by atoms with van der Waals surface area (Å²) in [6.07, 6.45) is 1.50. The van der Waals surface area contributed by atoms with Crippen molar-refractivity contribution in [3.63, 3.8) is 0 Å². The summed E-state index contributed by atoms with van der Waals surface area (Å²) >= 11 is 3.41. The highest BCUT2D eigenvalue weighted by Gasteiger charge is 2.08. The molecule has 1 aromatic carbocycles. The van der Waals surface area contributed by atoms with Gasteiger partial charge in [-0.2, -0.15) is 0 Å². The van der Waals surface area contributed by atoms with E-state index in [4.69, 9.17) is 0 Å². The molecule has 0 spiro atoms. The second-order valence-electron chi connectivity index (χ2n) is 2.83. The van der Waals surface area contributed by atoms with E-state index in [2.05, 4.69) is 22.9 Å². The largest absolute Gasteiger partial charge is 0.388 e. The summed E-state index contributed by atoms with van der Waals surface area (Å²) in [5.74, 6) is 0. The van der Waals surface area contributed by atoms with Crippen molar-refractivity contribution in [2.45, 2.75) is 25.9 Å². The second kappa shape index (κ2) is 4.63. The predicted octanol–water partition coefficient (Wildman–Crippen LogP) is 3.28. The van der Waals surface area contributed by atoms with Gasteiger partial charge in [0.05, 0.1) is 6.10 Å². The molecule has 0 radical (unpaired) electrons. The molecule has 0 bridgehead atoms. The van der Waals surface area contributed by atoms with Gasteiger partial charge in [-0.3, -0.25) is 0 Å². The maximum absolute atomic E-state index is 9.67. The number of aliphatic hydroxyl groups excluding tert-OH is 1. The van der Waals surface area contributed by atoms with Crippen LogP contribution in [0.4, 0.5) is 0 Å². The lowest BCUT2D eigenvalue weighted by molar-refractivity contribution is 0.165. The second-order valence-corrected chi connectivity index (χ2v) is 3.68. The summed E-state index contributed by atoms with van der Waals surface area (Å²) in [6, 6.07) is 7.80. The molecule has 0 amide bonds. The summed E-state index contributed by atoms with van der Waals surface area (Å²) in [7, 11) is 0. The van der Waals surface area contributed by atoms with E-state index in [1.165, 1.54) is 0 Å². The van der Waals surface area contributed by atoms with Gasteiger partial charge in [-0.1, -0.05) is 47.5 Å². The summed E-state index contributed by atoms with van der Waals surface area (Å²) in [4.78, 5) is 0. The van der Waals surface area contributed by atoms with Gasteiger partial charge in [-0.25, -0.2) is 0 Å². The van der Waals surface area contributed by atoms with E-state index in [0.29, 0.717) is 0 Å². The molecule has 0 fully saturated rings. The molecule has 1 rings (SSSR count). The Balaban J connectivity index is 2.79. The molecular formula is C10H13BrO. The Morgan fingerprint density at radius 3 is 2.67 bits per heavy atom. The first kappa shape index (κ1) is 9.75. The Morgan fingerprint density at radius 2 is 2.08 bits per heavy atom. The van der Waals surface area contributed by atoms with E-state index in [0.717, 1.165) is 22.9 Å². The van der Waals surface area contributed by atoms with Crippen LogP contribution in [0, 0.1) is 0 Å². The molecule has 0 unspecified atom stereocenters. The monoisotopic (exact) mass is 228 g/mol. The number of rotatable bonds is 3. The van der Waals surface area contributed by atoms with Gasteiger partial charge in [0.2, 0.25) is 0 Å². The van der Waals surface area contributed by atoms with Crippen LogP contribution in [0.1, 0.15) is 31.4 Å². The fraction of sp³-hybridized carbons (Fsp3) is 0.400. The fourth-order valence-electron chi connectivity index (χ4n) is 1.17. The standard InChI is InChI=1S/C10H13BrO/c1-2-5-10(12)8-6-3-4-7-9(8)11/h3-4,6-7,10,12H,2,5H2,1H3/t10-/m0/s1. The molecule has 66 valence electrons. The lowest BCUT2D eigenvalue weighted by atomic mass is 10.1. The van der Waals surface area contributed by atoms with E-state index in [-0.39, 0.29) is 6.10 Å². The Labute approximate surface area is 81.6 Å². The molecule has 0 aliphatic heterocycles. The minimum atomic E-state index is -0.328. The summed E-state index contributed by atoms with van der Waals surface area (Å²) in [5, 5.41) is 9.67. The maximum Gasteiger partial charge on any atom is 0.0800 e. The van der Waals surface area contributed by atoms with Crippen molar-refractivity contribution >= 4 is 15.9 Å². The van der Waals surface area contributed by atoms with Gasteiger partial charge < -0.3 is 5.11 Å². The van der Waals surface area contributed by atoms with Crippen LogP contribution in [0.25, 0.3) is 0 Å². The van der Waals surface area contributed by atoms with Crippen LogP contribution in [-0.2, 0) is 0 Å². The van der Waals surface area contributed by atoms with E-state index < -0.39 is 0 Å². The van der Waals surface area contributed by atoms with Crippen LogP contribution >= 0.6 is 15.9 Å². The molecule has 1 aromatic rings. The third-order valence-electron chi connectivity index (χ3n) is 1.83. The van der Waals surface area contributed by atoms with Crippen molar-refractivity contribution in [3.05, 3.63) is 34.3 Å². The molecular weight excluding hydrogens is 216 g/mol. The highest BCUT2D eigenvalue weighted by molar-refractivity contribution is 9.10. The fourth-order valence-corrected chi connectivity index (χ4v) is 1.72. The summed E-state index contributed by atoms with van der Waals surface area (Å²) in [6.45, 7) is 2.07. The quantitative estimate of drug-likeness (QED) is 0.843. The lowest BCUT2D eigenvalue weighted by Crippen LogP contribution is -1.96. The van der Waals surface area contributed by atoms with Crippen molar-refractivity contribution in [2.75, 3.05) is 0 Å². The minimum absolute atomic E-state index is 0.328. The topological polar surface area (TPSA) is 20.2 Å². The third-order valence-corrected chi connectivity index (χ3v) is 2.55. The van der Waals surface area contributed by atoms with Crippen LogP contribution in [0.3, 0.4) is 0 Å². The number of hydrogen-bond donors (Lipinski definition) is 1. The van der Waals surface area contributed by atoms with Crippen LogP contribution in [0.15, 0.2) is 28.7 Å². The van der Waals surface area contributed by atoms with Gasteiger partial charge in [0.15, 0.2) is 0 Å². The van der Waals surface area contributed by atoms with Crippen LogP contribution < -0.4 is 0 Å². The smallest absolute Gasteiger partial charge is 0.0800 e. The van der Waals surface area contributed by atoms with Gasteiger partial charge in [0.1, 0.15) is 0 Å². The molecule has 0 saturated carbocycles. The third kappa shape index (κ3) is 2.32. The number of hydrogen-bond acceptors (Lipinski definition) is 1. The number of halogens is 1. The van der Waals surface area contributed by atoms with Gasteiger partial charge in [0.25, 0.3) is 0 Å². The van der Waals surface area contributed by atoms with E-state index in [1.54, 1.807) is 0 Å². The van der Waals surface area contributed by atoms with Crippen LogP contribution in [0.2, 0.25) is 0 Å². The van der Waals surface area contributed by atoms with Crippen molar-refractivity contribution in [1.29, 1.82) is 0 Å². The Hall–Kier alpha value is -0.340. The molecule has 1 atom stereocenters. The molecule has 0 saturated heterocycles. The number of benzene rings is 1. The molecule has 1 N–H and O–H groups in total. The highest BCUT2D eigenvalue weighted by Crippen LogP contribution is 2.25. The minimum Gasteiger partial charge on any atom is -0.388 e. The van der Waals surface area contributed by atoms with Crippen LogP contribution in [-0.4, -0.2) is 5.11 Å². The first-order chi connectivity index (χ1) is 5.75. The molecule has 1 nitrogen and oxygen atoms in total. The Kier molecular flexibility index (Phi) is 3.76. The molecule has 0 aliphatic rings. The molecule has 0 aromatic heterocycles. The van der Waals surface area contributed by atoms with Gasteiger partial charge in [0, 0.05) is 4.47 Å². The van der Waals surface area contributed by atoms with E-state index in [1.807, 2.05) is 24.3 Å². The van der Waals surface area contributed by atoms with Gasteiger partial charge in [-0.05, 0) is 18.1 Å². The summed E-state index contributed by atoms with van der Waals surface area (Å²) < 4.78 is 0.992. The van der Waals surface area contributed by atoms with E-state index in [9.17, 15) is 5.11 Å². The van der Waals surface area contributed by atoms with Crippen LogP contribution in [0.5, 0.6) is 0 Å². The SMILES string of the molecule is CCC[C@H](O)c1ccccc1Br. The zero-order valence-corrected chi connectivity index (χ0v) is 8.71. The Bertz CT molecular complexity index is 247. The maximum atomic E-state index is 9.67. The lowest BCUT2D eigenvalue weighted by Gasteiger charge is -2.10. The zero-order valence-electron chi connectivity index (χ0n) is 7.13. The van der Waals surface area contributed by atoms with Crippen molar-refractivity contribution in [3.8, 4) is 0 Å². The van der Waals surface area contributed by atoms with Crippen molar-refractivity contribution in [1.82, 2.24) is 0 Å². The van der Waals surface area contributed by atoms with Crippen molar-refractivity contribution < 1.29 is 5.11 Å². The predicted molar refractivity (Wildman–Crippen MR) is 54.0 cm³/mol. The Morgan fingerprint density at radius 1 is 1.42 bits per heavy atom. The van der Waals surface area contributed by atoms with E-state index >= 15 is 0 Å². The number of aliphatic hydroxyl groups is 1. The molecule has 12 heavy (non-hydrogen) atoms. The molecule has 0 heterocycles. The first-order valence-corrected chi connectivity index (χ1v) is 4.97. The van der Waals surface area contributed by atoms with Crippen molar-refractivity contribution in [2.24, 2.45) is 0 Å². The zero-order chi connectivity index (χ0) is 8.97. The molecule has 2 heteroatoms. The highest BCUT2D eigenvalue weighted by atomic mass is 79.9.